The highest BCUT2D eigenvalue weighted by Crippen LogP contribution is 2.32. The first kappa shape index (κ1) is 14.6. The van der Waals surface area contributed by atoms with Crippen LogP contribution in [0.4, 0.5) is 13.2 Å². The van der Waals surface area contributed by atoms with Crippen LogP contribution in [-0.2, 0) is 6.18 Å². The van der Waals surface area contributed by atoms with E-state index in [0.717, 1.165) is 10.9 Å². The molecule has 2 aromatic rings. The second-order valence-corrected chi connectivity index (χ2v) is 5.23. The molecular formula is C14H12F3NOS. The summed E-state index contributed by atoms with van der Waals surface area (Å²) in [6.07, 6.45) is -4.54. The van der Waals surface area contributed by atoms with E-state index in [1.165, 1.54) is 29.5 Å². The van der Waals surface area contributed by atoms with Crippen LogP contribution in [0.25, 0.3) is 0 Å². The van der Waals surface area contributed by atoms with Crippen molar-refractivity contribution in [1.82, 2.24) is 5.32 Å². The number of amides is 1. The maximum atomic E-state index is 12.8. The molecule has 1 heterocycles. The molecule has 0 aliphatic carbocycles. The summed E-state index contributed by atoms with van der Waals surface area (Å²) in [7, 11) is 0. The zero-order chi connectivity index (χ0) is 14.8. The van der Waals surface area contributed by atoms with Gasteiger partial charge in [-0.1, -0.05) is 18.2 Å². The first-order valence-corrected chi connectivity index (χ1v) is 6.78. The van der Waals surface area contributed by atoms with Crippen LogP contribution < -0.4 is 5.32 Å². The highest BCUT2D eigenvalue weighted by Gasteiger charge is 2.35. The van der Waals surface area contributed by atoms with Crippen molar-refractivity contribution in [3.8, 4) is 0 Å². The van der Waals surface area contributed by atoms with Crippen molar-refractivity contribution in [3.05, 3.63) is 57.8 Å². The van der Waals surface area contributed by atoms with Gasteiger partial charge in [-0.15, -0.1) is 11.3 Å². The Morgan fingerprint density at radius 3 is 2.50 bits per heavy atom. The van der Waals surface area contributed by atoms with Crippen LogP contribution in [0.15, 0.2) is 41.8 Å². The molecule has 1 unspecified atom stereocenters. The second-order valence-electron chi connectivity index (χ2n) is 4.25. The Bertz CT molecular complexity index is 593. The number of halogens is 3. The molecule has 1 aromatic carbocycles. The zero-order valence-electron chi connectivity index (χ0n) is 10.6. The fourth-order valence-electron chi connectivity index (χ4n) is 1.81. The summed E-state index contributed by atoms with van der Waals surface area (Å²) in [6.45, 7) is 1.74. The first-order valence-electron chi connectivity index (χ1n) is 5.90. The number of carbonyl (C=O) groups is 1. The molecule has 0 spiro atoms. The van der Waals surface area contributed by atoms with Gasteiger partial charge in [0.05, 0.1) is 17.2 Å². The Kier molecular flexibility index (Phi) is 4.13. The minimum Gasteiger partial charge on any atom is -0.345 e. The number of nitrogens with one attached hydrogen (secondary N) is 1. The minimum atomic E-state index is -4.54. The van der Waals surface area contributed by atoms with E-state index in [1.807, 2.05) is 17.5 Å². The molecule has 2 rings (SSSR count). The average molecular weight is 299 g/mol. The van der Waals surface area contributed by atoms with Crippen LogP contribution in [0.1, 0.15) is 33.8 Å². The normalized spacial score (nSPS) is 13.0. The molecule has 6 heteroatoms. The Hall–Kier alpha value is -1.82. The van der Waals surface area contributed by atoms with Crippen LogP contribution in [0.5, 0.6) is 0 Å². The molecule has 1 amide bonds. The summed E-state index contributed by atoms with van der Waals surface area (Å²) >= 11 is 1.44. The van der Waals surface area contributed by atoms with E-state index in [0.29, 0.717) is 0 Å². The summed E-state index contributed by atoms with van der Waals surface area (Å²) < 4.78 is 38.5. The van der Waals surface area contributed by atoms with Gasteiger partial charge < -0.3 is 5.32 Å². The van der Waals surface area contributed by atoms with Crippen molar-refractivity contribution in [1.29, 1.82) is 0 Å². The minimum absolute atomic E-state index is 0.330. The van der Waals surface area contributed by atoms with Crippen molar-refractivity contribution in [2.45, 2.75) is 19.1 Å². The highest BCUT2D eigenvalue weighted by atomic mass is 32.1. The van der Waals surface area contributed by atoms with Gasteiger partial charge in [-0.2, -0.15) is 13.2 Å². The number of hydrogen-bond donors (Lipinski definition) is 1. The largest absolute Gasteiger partial charge is 0.417 e. The Balaban J connectivity index is 2.22. The SMILES string of the molecule is CC(NC(=O)c1ccccc1C(F)(F)F)c1cccs1. The molecule has 0 saturated heterocycles. The number of carbonyl (C=O) groups excluding carboxylic acids is 1. The van der Waals surface area contributed by atoms with Crippen molar-refractivity contribution >= 4 is 17.2 Å². The fourth-order valence-corrected chi connectivity index (χ4v) is 2.55. The van der Waals surface area contributed by atoms with Gasteiger partial charge in [0, 0.05) is 4.88 Å². The second kappa shape index (κ2) is 5.66. The van der Waals surface area contributed by atoms with E-state index < -0.39 is 17.6 Å². The summed E-state index contributed by atoms with van der Waals surface area (Å²) in [5.41, 5.74) is -1.28. The summed E-state index contributed by atoms with van der Waals surface area (Å²) in [6, 6.07) is 8.09. The number of thiophene rings is 1. The molecule has 0 aliphatic rings. The predicted octanol–water partition coefficient (Wildman–Crippen LogP) is 4.26. The Morgan fingerprint density at radius 1 is 1.20 bits per heavy atom. The predicted molar refractivity (Wildman–Crippen MR) is 71.6 cm³/mol. The third kappa shape index (κ3) is 3.19. The Morgan fingerprint density at radius 2 is 1.90 bits per heavy atom. The molecular weight excluding hydrogens is 287 g/mol. The van der Waals surface area contributed by atoms with E-state index in [1.54, 1.807) is 6.92 Å². The van der Waals surface area contributed by atoms with Gasteiger partial charge >= 0.3 is 6.18 Å². The number of hydrogen-bond acceptors (Lipinski definition) is 2. The topological polar surface area (TPSA) is 29.1 Å². The van der Waals surface area contributed by atoms with Gasteiger partial charge in [0.15, 0.2) is 0 Å². The van der Waals surface area contributed by atoms with Crippen LogP contribution in [-0.4, -0.2) is 5.91 Å². The van der Waals surface area contributed by atoms with Crippen LogP contribution in [0.3, 0.4) is 0 Å². The van der Waals surface area contributed by atoms with E-state index in [2.05, 4.69) is 5.32 Å². The van der Waals surface area contributed by atoms with Crippen LogP contribution >= 0.6 is 11.3 Å². The maximum Gasteiger partial charge on any atom is 0.417 e. The van der Waals surface area contributed by atoms with Crippen LogP contribution in [0, 0.1) is 0 Å². The number of rotatable bonds is 3. The summed E-state index contributed by atoms with van der Waals surface area (Å²) in [5.74, 6) is -0.723. The monoisotopic (exact) mass is 299 g/mol. The quantitative estimate of drug-likeness (QED) is 0.901. The van der Waals surface area contributed by atoms with Gasteiger partial charge in [0.2, 0.25) is 0 Å². The lowest BCUT2D eigenvalue weighted by molar-refractivity contribution is -0.137. The molecule has 1 atom stereocenters. The summed E-state index contributed by atoms with van der Waals surface area (Å²) in [5, 5.41) is 4.43. The fraction of sp³-hybridized carbons (Fsp3) is 0.214. The average Bonchev–Trinajstić information content (AvgIpc) is 2.91. The third-order valence-corrected chi connectivity index (χ3v) is 3.85. The lowest BCUT2D eigenvalue weighted by atomic mass is 10.1. The smallest absolute Gasteiger partial charge is 0.345 e. The summed E-state index contributed by atoms with van der Waals surface area (Å²) in [4.78, 5) is 12.9. The molecule has 20 heavy (non-hydrogen) atoms. The highest BCUT2D eigenvalue weighted by molar-refractivity contribution is 7.10. The van der Waals surface area contributed by atoms with Gasteiger partial charge in [0.1, 0.15) is 0 Å². The molecule has 1 N–H and O–H groups in total. The van der Waals surface area contributed by atoms with Crippen LogP contribution in [0.2, 0.25) is 0 Å². The van der Waals surface area contributed by atoms with Crippen molar-refractivity contribution < 1.29 is 18.0 Å². The van der Waals surface area contributed by atoms with Gasteiger partial charge in [-0.3, -0.25) is 4.79 Å². The first-order chi connectivity index (χ1) is 9.39. The molecule has 0 radical (unpaired) electrons. The lowest BCUT2D eigenvalue weighted by Crippen LogP contribution is -2.28. The van der Waals surface area contributed by atoms with Crippen molar-refractivity contribution in [2.75, 3.05) is 0 Å². The lowest BCUT2D eigenvalue weighted by Gasteiger charge is -2.15. The van der Waals surface area contributed by atoms with Crippen molar-refractivity contribution in [3.63, 3.8) is 0 Å². The number of alkyl halides is 3. The molecule has 0 bridgehead atoms. The zero-order valence-corrected chi connectivity index (χ0v) is 11.4. The van der Waals surface area contributed by atoms with Crippen molar-refractivity contribution in [2.24, 2.45) is 0 Å². The maximum absolute atomic E-state index is 12.8. The molecule has 2 nitrogen and oxygen atoms in total. The van der Waals surface area contributed by atoms with E-state index in [9.17, 15) is 18.0 Å². The van der Waals surface area contributed by atoms with Gasteiger partial charge in [-0.25, -0.2) is 0 Å². The van der Waals surface area contributed by atoms with E-state index in [-0.39, 0.29) is 11.6 Å². The standard InChI is InChI=1S/C14H12F3NOS/c1-9(12-7-4-8-20-12)18-13(19)10-5-2-3-6-11(10)14(15,16)17/h2-9H,1H3,(H,18,19). The number of benzene rings is 1. The third-order valence-electron chi connectivity index (χ3n) is 2.79. The molecule has 0 saturated carbocycles. The molecule has 106 valence electrons. The molecule has 0 aliphatic heterocycles. The van der Waals surface area contributed by atoms with E-state index in [4.69, 9.17) is 0 Å². The Labute approximate surface area is 118 Å². The molecule has 1 aromatic heterocycles. The van der Waals surface area contributed by atoms with Gasteiger partial charge in [0.25, 0.3) is 5.91 Å². The molecule has 0 fully saturated rings. The van der Waals surface area contributed by atoms with Gasteiger partial charge in [-0.05, 0) is 30.5 Å². The van der Waals surface area contributed by atoms with E-state index >= 15 is 0 Å².